The van der Waals surface area contributed by atoms with Crippen LogP contribution < -0.4 is 10.6 Å². The number of rotatable bonds is 3. The lowest BCUT2D eigenvalue weighted by Crippen LogP contribution is -2.47. The summed E-state index contributed by atoms with van der Waals surface area (Å²) in [5, 5.41) is 5.67. The summed E-state index contributed by atoms with van der Waals surface area (Å²) in [6, 6.07) is 1.97. The molecule has 2 aliphatic rings. The van der Waals surface area contributed by atoms with E-state index in [1.54, 1.807) is 7.05 Å². The number of fused-ring (bicyclic) bond motifs is 1. The van der Waals surface area contributed by atoms with E-state index in [0.29, 0.717) is 6.04 Å². The third-order valence-corrected chi connectivity index (χ3v) is 4.54. The molecule has 3 heterocycles. The summed E-state index contributed by atoms with van der Waals surface area (Å²) in [5.74, 6) is -0.826. The zero-order valence-electron chi connectivity index (χ0n) is 12.2. The Hall–Kier alpha value is -1.69. The number of aromatic nitrogens is 1. The Kier molecular flexibility index (Phi) is 4.05. The van der Waals surface area contributed by atoms with Crippen LogP contribution in [0, 0.1) is 5.82 Å². The number of nitrogens with zero attached hydrogens (tertiary/aromatic N) is 2. The molecule has 21 heavy (non-hydrogen) atoms. The lowest BCUT2D eigenvalue weighted by molar-refractivity contribution is 0.0911. The predicted octanol–water partition coefficient (Wildman–Crippen LogP) is 1.62. The van der Waals surface area contributed by atoms with Crippen LogP contribution in [0.2, 0.25) is 0 Å². The maximum absolute atomic E-state index is 14.1. The van der Waals surface area contributed by atoms with E-state index in [2.05, 4.69) is 20.5 Å². The maximum Gasteiger partial charge on any atom is 0.254 e. The number of carbonyl (C=O) groups excluding carboxylic acids is 1. The highest BCUT2D eigenvalue weighted by Crippen LogP contribution is 2.27. The second-order valence-corrected chi connectivity index (χ2v) is 5.74. The quantitative estimate of drug-likeness (QED) is 0.889. The highest BCUT2D eigenvalue weighted by molar-refractivity contribution is 5.95. The van der Waals surface area contributed by atoms with E-state index in [0.717, 1.165) is 25.9 Å². The first-order valence-corrected chi connectivity index (χ1v) is 7.58. The number of carbonyl (C=O) groups is 1. The molecule has 2 aliphatic heterocycles. The molecule has 2 atom stereocenters. The lowest BCUT2D eigenvalue weighted by atomic mass is 9.99. The minimum absolute atomic E-state index is 0.0589. The molecule has 1 aromatic rings. The molecule has 1 aromatic heterocycles. The third kappa shape index (κ3) is 2.72. The Labute approximate surface area is 123 Å². The number of hydrogen-bond acceptors (Lipinski definition) is 4. The second-order valence-electron chi connectivity index (χ2n) is 5.74. The van der Waals surface area contributed by atoms with Gasteiger partial charge in [-0.1, -0.05) is 6.42 Å². The van der Waals surface area contributed by atoms with Crippen molar-refractivity contribution in [3.63, 3.8) is 0 Å². The van der Waals surface area contributed by atoms with Gasteiger partial charge in [-0.05, 0) is 31.9 Å². The average molecular weight is 292 g/mol. The molecular weight excluding hydrogens is 271 g/mol. The summed E-state index contributed by atoms with van der Waals surface area (Å²) in [6.07, 6.45) is 5.96. The minimum atomic E-state index is -0.587. The molecule has 0 aromatic carbocycles. The van der Waals surface area contributed by atoms with Gasteiger partial charge in [0, 0.05) is 31.9 Å². The Morgan fingerprint density at radius 1 is 1.38 bits per heavy atom. The summed E-state index contributed by atoms with van der Waals surface area (Å²) in [6.45, 7) is 2.14. The summed E-state index contributed by atoms with van der Waals surface area (Å²) in [4.78, 5) is 18.6. The van der Waals surface area contributed by atoms with Crippen molar-refractivity contribution in [1.82, 2.24) is 15.2 Å². The predicted molar refractivity (Wildman–Crippen MR) is 78.8 cm³/mol. The van der Waals surface area contributed by atoms with Gasteiger partial charge < -0.3 is 10.6 Å². The Morgan fingerprint density at radius 3 is 3.05 bits per heavy atom. The van der Waals surface area contributed by atoms with Crippen LogP contribution in [0.3, 0.4) is 0 Å². The van der Waals surface area contributed by atoms with Gasteiger partial charge in [0.1, 0.15) is 0 Å². The second kappa shape index (κ2) is 5.97. The van der Waals surface area contributed by atoms with Crippen molar-refractivity contribution < 1.29 is 9.18 Å². The molecule has 0 bridgehead atoms. The van der Waals surface area contributed by atoms with Crippen LogP contribution in [0.15, 0.2) is 12.3 Å². The maximum atomic E-state index is 14.1. The Balaban J connectivity index is 1.72. The number of anilines is 1. The Morgan fingerprint density at radius 2 is 2.24 bits per heavy atom. The third-order valence-electron chi connectivity index (χ3n) is 4.54. The van der Waals surface area contributed by atoms with E-state index >= 15 is 0 Å². The zero-order valence-corrected chi connectivity index (χ0v) is 12.2. The van der Waals surface area contributed by atoms with E-state index in [1.807, 2.05) is 0 Å². The van der Waals surface area contributed by atoms with Crippen LogP contribution in [0.1, 0.15) is 36.0 Å². The smallest absolute Gasteiger partial charge is 0.254 e. The van der Waals surface area contributed by atoms with Gasteiger partial charge in [0.05, 0.1) is 5.56 Å². The molecule has 3 rings (SSSR count). The zero-order chi connectivity index (χ0) is 14.8. The van der Waals surface area contributed by atoms with E-state index < -0.39 is 5.82 Å². The van der Waals surface area contributed by atoms with Gasteiger partial charge in [-0.15, -0.1) is 0 Å². The lowest BCUT2D eigenvalue weighted by Gasteiger charge is -2.32. The molecule has 0 aliphatic carbocycles. The standard InChI is InChI=1S/C15H21FN4O/c1-17-14-13(16)10(5-7-18-14)15(21)19-11-6-9-20-8-3-2-4-12(11)20/h5,7,11-12H,2-4,6,8-9H2,1H3,(H,17,18)(H,19,21). The van der Waals surface area contributed by atoms with Crippen LogP contribution in [0.25, 0.3) is 0 Å². The van der Waals surface area contributed by atoms with Gasteiger partial charge >= 0.3 is 0 Å². The SMILES string of the molecule is CNc1nccc(C(=O)NC2CCN3CCCCC23)c1F. The van der Waals surface area contributed by atoms with Crippen LogP contribution in [0.4, 0.5) is 10.2 Å². The molecule has 5 nitrogen and oxygen atoms in total. The first-order valence-electron chi connectivity index (χ1n) is 7.58. The number of pyridine rings is 1. The first-order chi connectivity index (χ1) is 10.2. The molecular formula is C15H21FN4O. The fourth-order valence-electron chi connectivity index (χ4n) is 3.46. The first kappa shape index (κ1) is 14.3. The number of piperidine rings is 1. The Bertz CT molecular complexity index is 536. The molecule has 0 spiro atoms. The molecule has 114 valence electrons. The van der Waals surface area contributed by atoms with Gasteiger partial charge in [-0.3, -0.25) is 9.69 Å². The van der Waals surface area contributed by atoms with E-state index in [9.17, 15) is 9.18 Å². The van der Waals surface area contributed by atoms with Crippen molar-refractivity contribution in [1.29, 1.82) is 0 Å². The monoisotopic (exact) mass is 292 g/mol. The number of hydrogen-bond donors (Lipinski definition) is 2. The van der Waals surface area contributed by atoms with Crippen molar-refractivity contribution in [2.24, 2.45) is 0 Å². The molecule has 2 N–H and O–H groups in total. The highest BCUT2D eigenvalue weighted by Gasteiger charge is 2.36. The van der Waals surface area contributed by atoms with Crippen molar-refractivity contribution in [2.75, 3.05) is 25.5 Å². The number of halogens is 1. The summed E-state index contributed by atoms with van der Waals surface area (Å²) in [5.41, 5.74) is 0.0589. The highest BCUT2D eigenvalue weighted by atomic mass is 19.1. The molecule has 0 saturated carbocycles. The topological polar surface area (TPSA) is 57.3 Å². The number of nitrogens with one attached hydrogen (secondary N) is 2. The van der Waals surface area contributed by atoms with Gasteiger partial charge in [-0.25, -0.2) is 9.37 Å². The fourth-order valence-corrected chi connectivity index (χ4v) is 3.46. The van der Waals surface area contributed by atoms with Crippen molar-refractivity contribution >= 4 is 11.7 Å². The minimum Gasteiger partial charge on any atom is -0.371 e. The van der Waals surface area contributed by atoms with Crippen LogP contribution in [-0.4, -0.2) is 48.0 Å². The molecule has 2 saturated heterocycles. The normalized spacial score (nSPS) is 25.4. The molecule has 6 heteroatoms. The van der Waals surface area contributed by atoms with E-state index in [4.69, 9.17) is 0 Å². The molecule has 2 fully saturated rings. The van der Waals surface area contributed by atoms with Gasteiger partial charge in [0.2, 0.25) is 0 Å². The largest absolute Gasteiger partial charge is 0.371 e. The average Bonchev–Trinajstić information content (AvgIpc) is 2.91. The van der Waals surface area contributed by atoms with Crippen molar-refractivity contribution in [3.8, 4) is 0 Å². The van der Waals surface area contributed by atoms with Crippen LogP contribution >= 0.6 is 0 Å². The van der Waals surface area contributed by atoms with Crippen LogP contribution in [0.5, 0.6) is 0 Å². The summed E-state index contributed by atoms with van der Waals surface area (Å²) < 4.78 is 14.1. The van der Waals surface area contributed by atoms with E-state index in [-0.39, 0.29) is 23.3 Å². The van der Waals surface area contributed by atoms with E-state index in [1.165, 1.54) is 25.1 Å². The fraction of sp³-hybridized carbons (Fsp3) is 0.600. The van der Waals surface area contributed by atoms with Crippen molar-refractivity contribution in [3.05, 3.63) is 23.6 Å². The van der Waals surface area contributed by atoms with Crippen molar-refractivity contribution in [2.45, 2.75) is 37.8 Å². The number of amides is 1. The van der Waals surface area contributed by atoms with Gasteiger partial charge in [0.15, 0.2) is 11.6 Å². The van der Waals surface area contributed by atoms with Gasteiger partial charge in [-0.2, -0.15) is 0 Å². The van der Waals surface area contributed by atoms with Gasteiger partial charge in [0.25, 0.3) is 5.91 Å². The molecule has 1 amide bonds. The molecule has 0 radical (unpaired) electrons. The van der Waals surface area contributed by atoms with Crippen LogP contribution in [-0.2, 0) is 0 Å². The molecule has 2 unspecified atom stereocenters. The summed E-state index contributed by atoms with van der Waals surface area (Å²) in [7, 11) is 1.59. The summed E-state index contributed by atoms with van der Waals surface area (Å²) >= 11 is 0.